The molecule has 3 aromatic rings. The maximum atomic E-state index is 13.5. The number of ether oxygens (including phenoxy) is 3. The first-order valence-electron chi connectivity index (χ1n) is 12.1. The van der Waals surface area contributed by atoms with Crippen LogP contribution in [-0.4, -0.2) is 46.8 Å². The number of nitrogens with one attached hydrogen (secondary N) is 1. The highest BCUT2D eigenvalue weighted by molar-refractivity contribution is 6.03. The highest BCUT2D eigenvalue weighted by Crippen LogP contribution is 2.52. The molecule has 2 heterocycles. The Morgan fingerprint density at radius 3 is 2.49 bits per heavy atom. The monoisotopic (exact) mass is 516 g/mol. The fourth-order valence-electron chi connectivity index (χ4n) is 4.95. The number of anilines is 1. The van der Waals surface area contributed by atoms with Gasteiger partial charge in [-0.1, -0.05) is 26.8 Å². The highest BCUT2D eigenvalue weighted by atomic mass is 19.3. The number of rotatable bonds is 7. The summed E-state index contributed by atoms with van der Waals surface area (Å²) >= 11 is 0. The van der Waals surface area contributed by atoms with Gasteiger partial charge in [-0.05, 0) is 42.7 Å². The van der Waals surface area contributed by atoms with Gasteiger partial charge >= 0.3 is 6.29 Å². The van der Waals surface area contributed by atoms with Gasteiger partial charge in [0.05, 0.1) is 37.3 Å². The summed E-state index contributed by atoms with van der Waals surface area (Å²) in [6, 6.07) is 9.99. The van der Waals surface area contributed by atoms with Gasteiger partial charge in [0.15, 0.2) is 11.5 Å². The predicted molar refractivity (Wildman–Crippen MR) is 132 cm³/mol. The van der Waals surface area contributed by atoms with Gasteiger partial charge in [-0.15, -0.1) is 8.78 Å². The van der Waals surface area contributed by atoms with E-state index >= 15 is 0 Å². The molecule has 1 amide bonds. The second-order valence-corrected chi connectivity index (χ2v) is 10.7. The van der Waals surface area contributed by atoms with Gasteiger partial charge in [-0.3, -0.25) is 4.79 Å². The van der Waals surface area contributed by atoms with Crippen molar-refractivity contribution in [3.8, 4) is 17.2 Å². The lowest BCUT2D eigenvalue weighted by molar-refractivity contribution is -0.286. The van der Waals surface area contributed by atoms with Gasteiger partial charge in [0.2, 0.25) is 5.91 Å². The minimum Gasteiger partial charge on any atom is -0.494 e. The van der Waals surface area contributed by atoms with E-state index in [-0.39, 0.29) is 36.0 Å². The Labute approximate surface area is 212 Å². The molecule has 198 valence electrons. The van der Waals surface area contributed by atoms with Crippen molar-refractivity contribution in [2.45, 2.75) is 63.4 Å². The molecule has 1 aliphatic carbocycles. The normalized spacial score (nSPS) is 18.1. The number of aromatic nitrogens is 1. The van der Waals surface area contributed by atoms with Crippen LogP contribution >= 0.6 is 0 Å². The van der Waals surface area contributed by atoms with Gasteiger partial charge in [0, 0.05) is 28.2 Å². The molecule has 0 bridgehead atoms. The van der Waals surface area contributed by atoms with Gasteiger partial charge in [0.1, 0.15) is 5.75 Å². The van der Waals surface area contributed by atoms with Crippen molar-refractivity contribution in [1.82, 2.24) is 4.57 Å². The molecule has 5 rings (SSSR count). The number of nitrogens with zero attached hydrogens (tertiary/aromatic N) is 1. The molecule has 0 unspecified atom stereocenters. The molecule has 37 heavy (non-hydrogen) atoms. The zero-order valence-electron chi connectivity index (χ0n) is 21.1. The van der Waals surface area contributed by atoms with Crippen molar-refractivity contribution >= 4 is 22.5 Å². The number of halogens is 2. The largest absolute Gasteiger partial charge is 0.586 e. The summed E-state index contributed by atoms with van der Waals surface area (Å²) in [6.07, 6.45) is -3.53. The average Bonchev–Trinajstić information content (AvgIpc) is 3.46. The van der Waals surface area contributed by atoms with Crippen molar-refractivity contribution < 1.29 is 38.0 Å². The number of aliphatic hydroxyl groups excluding tert-OH is 2. The summed E-state index contributed by atoms with van der Waals surface area (Å²) < 4.78 is 43.6. The van der Waals surface area contributed by atoms with E-state index in [0.29, 0.717) is 29.8 Å². The molecule has 0 spiro atoms. The van der Waals surface area contributed by atoms with Crippen molar-refractivity contribution in [2.24, 2.45) is 0 Å². The Balaban J connectivity index is 1.48. The number of carbonyl (C=O) groups excluding carboxylic acids is 1. The fourth-order valence-corrected chi connectivity index (χ4v) is 4.95. The predicted octanol–water partition coefficient (Wildman–Crippen LogP) is 4.29. The number of alkyl halides is 2. The number of benzene rings is 2. The van der Waals surface area contributed by atoms with Crippen LogP contribution in [0.25, 0.3) is 10.9 Å². The summed E-state index contributed by atoms with van der Waals surface area (Å²) in [7, 11) is 1.53. The lowest BCUT2D eigenvalue weighted by Gasteiger charge is -2.24. The van der Waals surface area contributed by atoms with E-state index in [2.05, 4.69) is 35.6 Å². The molecular weight excluding hydrogens is 486 g/mol. The van der Waals surface area contributed by atoms with E-state index in [0.717, 1.165) is 16.6 Å². The molecule has 0 saturated heterocycles. The Morgan fingerprint density at radius 1 is 1.16 bits per heavy atom. The Morgan fingerprint density at radius 2 is 1.86 bits per heavy atom. The molecule has 1 saturated carbocycles. The molecule has 1 fully saturated rings. The standard InChI is InChI=1S/C27H30F2N2O6/c1-25(2,3)22-10-15-9-17(12-21(35-4)23(15)31(22)13-18(33)14-32)30-24(34)26(7-8-26)16-5-6-19-20(11-16)37-27(28,29)36-19/h5-6,9-12,18,32-33H,7-8,13-14H2,1-4H3,(H,30,34)/t18-/m1/s1. The molecule has 10 heteroatoms. The van der Waals surface area contributed by atoms with Crippen molar-refractivity contribution in [1.29, 1.82) is 0 Å². The van der Waals surface area contributed by atoms with Crippen LogP contribution in [0.1, 0.15) is 44.9 Å². The number of carbonyl (C=O) groups is 1. The Kier molecular flexibility index (Phi) is 5.87. The van der Waals surface area contributed by atoms with Crippen LogP contribution in [0.5, 0.6) is 17.2 Å². The first kappa shape index (κ1) is 25.3. The van der Waals surface area contributed by atoms with Crippen LogP contribution in [0, 0.1) is 0 Å². The first-order valence-corrected chi connectivity index (χ1v) is 12.1. The number of methoxy groups -OCH3 is 1. The first-order chi connectivity index (χ1) is 17.4. The lowest BCUT2D eigenvalue weighted by Crippen LogP contribution is -2.28. The van der Waals surface area contributed by atoms with Crippen LogP contribution in [0.15, 0.2) is 36.4 Å². The molecule has 8 nitrogen and oxygen atoms in total. The van der Waals surface area contributed by atoms with Crippen LogP contribution in [0.4, 0.5) is 14.5 Å². The van der Waals surface area contributed by atoms with Crippen molar-refractivity contribution in [2.75, 3.05) is 19.0 Å². The average molecular weight is 517 g/mol. The van der Waals surface area contributed by atoms with E-state index < -0.39 is 17.8 Å². The second kappa shape index (κ2) is 8.59. The third kappa shape index (κ3) is 4.48. The van der Waals surface area contributed by atoms with Crippen molar-refractivity contribution in [3.63, 3.8) is 0 Å². The SMILES string of the molecule is COc1cc(NC(=O)C2(c3ccc4c(c3)OC(F)(F)O4)CC2)cc2cc(C(C)(C)C)n(C[C@@H](O)CO)c12. The molecule has 1 aromatic heterocycles. The van der Waals surface area contributed by atoms with Gasteiger partial charge in [-0.25, -0.2) is 0 Å². The summed E-state index contributed by atoms with van der Waals surface area (Å²) in [4.78, 5) is 13.4. The smallest absolute Gasteiger partial charge is 0.494 e. The fraction of sp³-hybridized carbons (Fsp3) is 0.444. The van der Waals surface area contributed by atoms with Gasteiger partial charge < -0.3 is 34.3 Å². The van der Waals surface area contributed by atoms with Crippen LogP contribution in [0.2, 0.25) is 0 Å². The quantitative estimate of drug-likeness (QED) is 0.433. The van der Waals surface area contributed by atoms with E-state index in [1.54, 1.807) is 12.1 Å². The maximum absolute atomic E-state index is 13.5. The molecule has 0 radical (unpaired) electrons. The maximum Gasteiger partial charge on any atom is 0.586 e. The molecule has 3 N–H and O–H groups in total. The van der Waals surface area contributed by atoms with Crippen LogP contribution in [0.3, 0.4) is 0 Å². The van der Waals surface area contributed by atoms with E-state index in [4.69, 9.17) is 4.74 Å². The summed E-state index contributed by atoms with van der Waals surface area (Å²) in [5.74, 6) is 0.0886. The third-order valence-electron chi connectivity index (χ3n) is 6.95. The number of hydrogen-bond donors (Lipinski definition) is 3. The van der Waals surface area contributed by atoms with E-state index in [1.807, 2.05) is 16.7 Å². The number of fused-ring (bicyclic) bond motifs is 2. The minimum atomic E-state index is -3.72. The topological polar surface area (TPSA) is 102 Å². The zero-order valence-corrected chi connectivity index (χ0v) is 21.1. The number of aliphatic hydroxyl groups is 2. The second-order valence-electron chi connectivity index (χ2n) is 10.7. The molecule has 2 aliphatic rings. The summed E-state index contributed by atoms with van der Waals surface area (Å²) in [6.45, 7) is 5.96. The number of hydrogen-bond acceptors (Lipinski definition) is 6. The van der Waals surface area contributed by atoms with E-state index in [1.165, 1.54) is 19.2 Å². The van der Waals surface area contributed by atoms with Crippen LogP contribution in [-0.2, 0) is 22.2 Å². The minimum absolute atomic E-state index is 0.0642. The van der Waals surface area contributed by atoms with E-state index in [9.17, 15) is 23.8 Å². The summed E-state index contributed by atoms with van der Waals surface area (Å²) in [5, 5.41) is 23.4. The Hall–Kier alpha value is -3.37. The molecular formula is C27H30F2N2O6. The number of amides is 1. The van der Waals surface area contributed by atoms with Gasteiger partial charge in [0.25, 0.3) is 0 Å². The third-order valence-corrected chi connectivity index (χ3v) is 6.95. The van der Waals surface area contributed by atoms with Crippen molar-refractivity contribution in [3.05, 3.63) is 47.7 Å². The zero-order chi connectivity index (χ0) is 26.8. The molecule has 2 aromatic carbocycles. The van der Waals surface area contributed by atoms with Gasteiger partial charge in [-0.2, -0.15) is 0 Å². The summed E-state index contributed by atoms with van der Waals surface area (Å²) in [5.41, 5.74) is 1.66. The molecule has 1 atom stereocenters. The lowest BCUT2D eigenvalue weighted by atomic mass is 9.92. The highest BCUT2D eigenvalue weighted by Gasteiger charge is 2.53. The van der Waals surface area contributed by atoms with Crippen LogP contribution < -0.4 is 19.5 Å². The Bertz CT molecular complexity index is 1370. The molecule has 1 aliphatic heterocycles.